The van der Waals surface area contributed by atoms with Crippen LogP contribution in [0.4, 0.5) is 0 Å². The first-order valence-electron chi connectivity index (χ1n) is 6.66. The quantitative estimate of drug-likeness (QED) is 0.621. The summed E-state index contributed by atoms with van der Waals surface area (Å²) in [5.74, 6) is -0.197. The molecule has 0 saturated carbocycles. The molecule has 122 valence electrons. The van der Waals surface area contributed by atoms with Crippen molar-refractivity contribution in [2.24, 2.45) is 0 Å². The van der Waals surface area contributed by atoms with Gasteiger partial charge >= 0.3 is 5.97 Å². The van der Waals surface area contributed by atoms with Gasteiger partial charge in [-0.15, -0.1) is 0 Å². The molecule has 1 N–H and O–H groups in total. The number of rotatable bonds is 6. The fourth-order valence-corrected chi connectivity index (χ4v) is 3.37. The second-order valence-electron chi connectivity index (χ2n) is 4.56. The van der Waals surface area contributed by atoms with Gasteiger partial charge in [0, 0.05) is 12.1 Å². The van der Waals surface area contributed by atoms with Crippen LogP contribution >= 0.6 is 24.0 Å². The number of benzene rings is 1. The van der Waals surface area contributed by atoms with E-state index in [0.29, 0.717) is 26.3 Å². The summed E-state index contributed by atoms with van der Waals surface area (Å²) < 4.78 is 10.9. The van der Waals surface area contributed by atoms with Crippen molar-refractivity contribution < 1.29 is 24.2 Å². The molecular weight excluding hydrogens is 338 g/mol. The SMILES string of the molecule is COc1cccc(/C=C2\SC(=S)N(CCC(=O)O)C2=O)c1OC. The van der Waals surface area contributed by atoms with Crippen molar-refractivity contribution in [3.05, 3.63) is 28.7 Å². The Kier molecular flexibility index (Phi) is 5.62. The third-order valence-electron chi connectivity index (χ3n) is 3.14. The van der Waals surface area contributed by atoms with E-state index in [2.05, 4.69) is 0 Å². The average Bonchev–Trinajstić information content (AvgIpc) is 2.79. The van der Waals surface area contributed by atoms with Crippen molar-refractivity contribution in [1.29, 1.82) is 0 Å². The van der Waals surface area contributed by atoms with Crippen LogP contribution in [0.3, 0.4) is 0 Å². The van der Waals surface area contributed by atoms with Gasteiger partial charge in [0.15, 0.2) is 11.5 Å². The first kappa shape index (κ1) is 17.3. The first-order valence-corrected chi connectivity index (χ1v) is 7.88. The molecule has 8 heteroatoms. The molecule has 1 fully saturated rings. The topological polar surface area (TPSA) is 76.1 Å². The Labute approximate surface area is 143 Å². The summed E-state index contributed by atoms with van der Waals surface area (Å²) in [5.41, 5.74) is 0.686. The van der Waals surface area contributed by atoms with Crippen molar-refractivity contribution in [3.8, 4) is 11.5 Å². The third-order valence-corrected chi connectivity index (χ3v) is 4.52. The largest absolute Gasteiger partial charge is 0.493 e. The summed E-state index contributed by atoms with van der Waals surface area (Å²) in [5, 5.41) is 8.74. The molecule has 0 bridgehead atoms. The average molecular weight is 353 g/mol. The highest BCUT2D eigenvalue weighted by molar-refractivity contribution is 8.26. The maximum atomic E-state index is 12.4. The van der Waals surface area contributed by atoms with Gasteiger partial charge in [-0.2, -0.15) is 0 Å². The second-order valence-corrected chi connectivity index (χ2v) is 6.24. The Morgan fingerprint density at radius 2 is 2.13 bits per heavy atom. The Hall–Kier alpha value is -2.06. The number of amides is 1. The zero-order valence-electron chi connectivity index (χ0n) is 12.6. The summed E-state index contributed by atoms with van der Waals surface area (Å²) in [6.07, 6.45) is 1.52. The Morgan fingerprint density at radius 3 is 2.74 bits per heavy atom. The molecule has 23 heavy (non-hydrogen) atoms. The minimum atomic E-state index is -0.975. The zero-order valence-corrected chi connectivity index (χ0v) is 14.2. The van der Waals surface area contributed by atoms with Crippen LogP contribution in [-0.2, 0) is 9.59 Å². The predicted octanol–water partition coefficient (Wildman–Crippen LogP) is 2.38. The lowest BCUT2D eigenvalue weighted by molar-refractivity contribution is -0.137. The molecule has 1 aliphatic heterocycles. The minimum Gasteiger partial charge on any atom is -0.493 e. The van der Waals surface area contributed by atoms with E-state index in [-0.39, 0.29) is 18.9 Å². The number of hydrogen-bond donors (Lipinski definition) is 1. The molecule has 1 saturated heterocycles. The van der Waals surface area contributed by atoms with Crippen LogP contribution < -0.4 is 9.47 Å². The number of hydrogen-bond acceptors (Lipinski definition) is 6. The summed E-state index contributed by atoms with van der Waals surface area (Å²) in [7, 11) is 3.06. The number of thioether (sulfide) groups is 1. The lowest BCUT2D eigenvalue weighted by Crippen LogP contribution is -2.30. The van der Waals surface area contributed by atoms with E-state index in [1.165, 1.54) is 19.1 Å². The van der Waals surface area contributed by atoms with Gasteiger partial charge in [0.1, 0.15) is 4.32 Å². The predicted molar refractivity (Wildman–Crippen MR) is 91.7 cm³/mol. The zero-order chi connectivity index (χ0) is 17.0. The molecule has 0 atom stereocenters. The van der Waals surface area contributed by atoms with E-state index in [1.807, 2.05) is 0 Å². The number of ether oxygens (including phenoxy) is 2. The lowest BCUT2D eigenvalue weighted by Gasteiger charge is -2.12. The van der Waals surface area contributed by atoms with Gasteiger partial charge in [0.25, 0.3) is 5.91 Å². The number of carbonyl (C=O) groups is 2. The highest BCUT2D eigenvalue weighted by Crippen LogP contribution is 2.37. The number of thiocarbonyl (C=S) groups is 1. The number of carboxylic acids is 1. The Balaban J connectivity index is 2.29. The molecule has 2 rings (SSSR count). The third kappa shape index (κ3) is 3.83. The lowest BCUT2D eigenvalue weighted by atomic mass is 10.1. The first-order chi connectivity index (χ1) is 11.0. The van der Waals surface area contributed by atoms with Crippen LogP contribution in [-0.4, -0.2) is 47.0 Å². The molecular formula is C15H15NO5S2. The highest BCUT2D eigenvalue weighted by Gasteiger charge is 2.32. The fourth-order valence-electron chi connectivity index (χ4n) is 2.07. The molecule has 1 aromatic rings. The number of nitrogens with zero attached hydrogens (tertiary/aromatic N) is 1. The number of aliphatic carboxylic acids is 1. The van der Waals surface area contributed by atoms with Crippen molar-refractivity contribution in [2.45, 2.75) is 6.42 Å². The Morgan fingerprint density at radius 1 is 1.39 bits per heavy atom. The second kappa shape index (κ2) is 7.47. The summed E-state index contributed by atoms with van der Waals surface area (Å²) in [4.78, 5) is 24.8. The molecule has 0 radical (unpaired) electrons. The van der Waals surface area contributed by atoms with Gasteiger partial charge in [-0.05, 0) is 12.1 Å². The van der Waals surface area contributed by atoms with Crippen molar-refractivity contribution in [1.82, 2.24) is 4.90 Å². The van der Waals surface area contributed by atoms with Gasteiger partial charge in [0.05, 0.1) is 25.5 Å². The van der Waals surface area contributed by atoms with E-state index in [4.69, 9.17) is 26.8 Å². The normalized spacial score (nSPS) is 16.1. The summed E-state index contributed by atoms with van der Waals surface area (Å²) in [6.45, 7) is 0.0621. The van der Waals surface area contributed by atoms with E-state index in [0.717, 1.165) is 11.8 Å². The molecule has 1 amide bonds. The molecule has 1 aromatic carbocycles. The number of carbonyl (C=O) groups excluding carboxylic acids is 1. The van der Waals surface area contributed by atoms with Gasteiger partial charge in [-0.1, -0.05) is 36.1 Å². The van der Waals surface area contributed by atoms with Crippen LogP contribution in [0.5, 0.6) is 11.5 Å². The maximum Gasteiger partial charge on any atom is 0.305 e. The number of methoxy groups -OCH3 is 2. The maximum absolute atomic E-state index is 12.4. The summed E-state index contributed by atoms with van der Waals surface area (Å²) >= 11 is 6.29. The molecule has 0 spiro atoms. The van der Waals surface area contributed by atoms with E-state index >= 15 is 0 Å². The van der Waals surface area contributed by atoms with Gasteiger partial charge in [-0.3, -0.25) is 14.5 Å². The van der Waals surface area contributed by atoms with Gasteiger partial charge in [-0.25, -0.2) is 0 Å². The molecule has 6 nitrogen and oxygen atoms in total. The molecule has 0 aliphatic carbocycles. The van der Waals surface area contributed by atoms with Crippen molar-refractivity contribution in [3.63, 3.8) is 0 Å². The highest BCUT2D eigenvalue weighted by atomic mass is 32.2. The van der Waals surface area contributed by atoms with E-state index in [1.54, 1.807) is 24.3 Å². The standard InChI is InChI=1S/C15H15NO5S2/c1-20-10-5-3-4-9(13(10)21-2)8-11-14(19)16(15(22)23-11)7-6-12(17)18/h3-5,8H,6-7H2,1-2H3,(H,17,18)/b11-8-. The molecule has 0 aromatic heterocycles. The fraction of sp³-hybridized carbons (Fsp3) is 0.267. The van der Waals surface area contributed by atoms with Crippen LogP contribution in [0.1, 0.15) is 12.0 Å². The van der Waals surface area contributed by atoms with E-state index in [9.17, 15) is 9.59 Å². The van der Waals surface area contributed by atoms with Crippen LogP contribution in [0, 0.1) is 0 Å². The molecule has 1 aliphatic rings. The van der Waals surface area contributed by atoms with Crippen molar-refractivity contribution >= 4 is 46.3 Å². The van der Waals surface area contributed by atoms with Crippen molar-refractivity contribution in [2.75, 3.05) is 20.8 Å². The number of para-hydroxylation sites is 1. The molecule has 1 heterocycles. The van der Waals surface area contributed by atoms with Crippen LogP contribution in [0.2, 0.25) is 0 Å². The molecule has 0 unspecified atom stereocenters. The monoisotopic (exact) mass is 353 g/mol. The van der Waals surface area contributed by atoms with Crippen LogP contribution in [0.25, 0.3) is 6.08 Å². The summed E-state index contributed by atoms with van der Waals surface area (Å²) in [6, 6.07) is 5.34. The minimum absolute atomic E-state index is 0.0621. The van der Waals surface area contributed by atoms with E-state index < -0.39 is 5.97 Å². The van der Waals surface area contributed by atoms with Gasteiger partial charge in [0.2, 0.25) is 0 Å². The Bertz CT molecular complexity index is 686. The van der Waals surface area contributed by atoms with Gasteiger partial charge < -0.3 is 14.6 Å². The number of carboxylic acid groups (broad SMARTS) is 1. The van der Waals surface area contributed by atoms with Crippen LogP contribution in [0.15, 0.2) is 23.1 Å². The smallest absolute Gasteiger partial charge is 0.305 e.